The molecule has 2 N–H and O–H groups in total. The molecule has 6 nitrogen and oxygen atoms in total. The number of aryl methyl sites for hydroxylation is 1. The predicted molar refractivity (Wildman–Crippen MR) is 115 cm³/mol. The van der Waals surface area contributed by atoms with Crippen molar-refractivity contribution in [1.29, 1.82) is 0 Å². The van der Waals surface area contributed by atoms with Crippen LogP contribution < -0.4 is 5.32 Å². The Morgan fingerprint density at radius 3 is 2.86 bits per heavy atom. The van der Waals surface area contributed by atoms with Gasteiger partial charge in [0.25, 0.3) is 0 Å². The number of piperidine rings is 1. The quantitative estimate of drug-likeness (QED) is 0.416. The highest BCUT2D eigenvalue weighted by Crippen LogP contribution is 2.21. The van der Waals surface area contributed by atoms with Gasteiger partial charge in [0.2, 0.25) is 0 Å². The number of likely N-dealkylation sites (tertiary alicyclic amines) is 1. The van der Waals surface area contributed by atoms with Crippen LogP contribution in [-0.4, -0.2) is 69.0 Å². The first-order valence-corrected chi connectivity index (χ1v) is 10.3. The van der Waals surface area contributed by atoms with Crippen molar-refractivity contribution in [2.45, 2.75) is 38.7 Å². The Hall–Kier alpha value is -2.05. The molecular weight excluding hydrogens is 352 g/mol. The standard InChI is InChI=1S/C22H34N4O2/c1-17-6-4-7-20-18(16-25-21(17)20)8-11-24-22(23-2)26-12-9-19(10-13-26)28-15-5-14-27-3/h4,6-7,16,19,25H,5,8-15H2,1-3H3,(H,23,24). The first-order chi connectivity index (χ1) is 13.7. The van der Waals surface area contributed by atoms with Crippen LogP contribution in [0.4, 0.5) is 0 Å². The number of hydrogen-bond acceptors (Lipinski definition) is 3. The van der Waals surface area contributed by atoms with E-state index in [2.05, 4.69) is 51.5 Å². The number of ether oxygens (including phenoxy) is 2. The van der Waals surface area contributed by atoms with Crippen molar-refractivity contribution in [3.63, 3.8) is 0 Å². The molecule has 0 saturated carbocycles. The number of aliphatic imine (C=N–C) groups is 1. The van der Waals surface area contributed by atoms with Gasteiger partial charge in [-0.2, -0.15) is 0 Å². The van der Waals surface area contributed by atoms with Crippen LogP contribution in [0, 0.1) is 6.92 Å². The van der Waals surface area contributed by atoms with E-state index in [0.29, 0.717) is 6.10 Å². The number of rotatable bonds is 8. The molecule has 0 aliphatic carbocycles. The summed E-state index contributed by atoms with van der Waals surface area (Å²) in [5.41, 5.74) is 3.89. The van der Waals surface area contributed by atoms with Crippen LogP contribution in [0.5, 0.6) is 0 Å². The summed E-state index contributed by atoms with van der Waals surface area (Å²) in [6, 6.07) is 6.47. The maximum Gasteiger partial charge on any atom is 0.193 e. The molecule has 28 heavy (non-hydrogen) atoms. The van der Waals surface area contributed by atoms with Gasteiger partial charge < -0.3 is 24.7 Å². The van der Waals surface area contributed by atoms with E-state index < -0.39 is 0 Å². The zero-order valence-corrected chi connectivity index (χ0v) is 17.5. The number of aromatic nitrogens is 1. The molecule has 1 aromatic heterocycles. The van der Waals surface area contributed by atoms with E-state index in [1.54, 1.807) is 7.11 Å². The molecule has 0 spiro atoms. The smallest absolute Gasteiger partial charge is 0.193 e. The van der Waals surface area contributed by atoms with Crippen molar-refractivity contribution < 1.29 is 9.47 Å². The molecular formula is C22H34N4O2. The Balaban J connectivity index is 1.43. The lowest BCUT2D eigenvalue weighted by atomic mass is 10.1. The molecule has 1 aliphatic heterocycles. The largest absolute Gasteiger partial charge is 0.385 e. The first-order valence-electron chi connectivity index (χ1n) is 10.3. The molecule has 2 heterocycles. The van der Waals surface area contributed by atoms with E-state index in [1.807, 2.05) is 7.05 Å². The molecule has 2 aromatic rings. The highest BCUT2D eigenvalue weighted by molar-refractivity contribution is 5.86. The Labute approximate surface area is 168 Å². The Kier molecular flexibility index (Phi) is 7.74. The monoisotopic (exact) mass is 386 g/mol. The van der Waals surface area contributed by atoms with Crippen LogP contribution in [0.2, 0.25) is 0 Å². The van der Waals surface area contributed by atoms with Crippen LogP contribution in [0.1, 0.15) is 30.4 Å². The van der Waals surface area contributed by atoms with Crippen molar-refractivity contribution >= 4 is 16.9 Å². The predicted octanol–water partition coefficient (Wildman–Crippen LogP) is 3.11. The lowest BCUT2D eigenvalue weighted by Gasteiger charge is -2.34. The summed E-state index contributed by atoms with van der Waals surface area (Å²) in [6.45, 7) is 6.55. The third-order valence-electron chi connectivity index (χ3n) is 5.49. The van der Waals surface area contributed by atoms with Gasteiger partial charge in [-0.3, -0.25) is 4.99 Å². The number of H-pyrrole nitrogens is 1. The number of benzene rings is 1. The highest BCUT2D eigenvalue weighted by Gasteiger charge is 2.21. The fourth-order valence-corrected chi connectivity index (χ4v) is 3.90. The van der Waals surface area contributed by atoms with Gasteiger partial charge in [0.05, 0.1) is 6.10 Å². The molecule has 0 radical (unpaired) electrons. The van der Waals surface area contributed by atoms with E-state index in [9.17, 15) is 0 Å². The molecule has 6 heteroatoms. The van der Waals surface area contributed by atoms with Gasteiger partial charge in [-0.25, -0.2) is 0 Å². The molecule has 0 atom stereocenters. The zero-order valence-electron chi connectivity index (χ0n) is 17.5. The number of guanidine groups is 1. The van der Waals surface area contributed by atoms with Gasteiger partial charge in [0.1, 0.15) is 0 Å². The van der Waals surface area contributed by atoms with E-state index in [-0.39, 0.29) is 0 Å². The van der Waals surface area contributed by atoms with Crippen molar-refractivity contribution in [3.8, 4) is 0 Å². The summed E-state index contributed by atoms with van der Waals surface area (Å²) in [5.74, 6) is 0.994. The first kappa shape index (κ1) is 20.7. The topological polar surface area (TPSA) is 61.9 Å². The second-order valence-corrected chi connectivity index (χ2v) is 7.44. The third kappa shape index (κ3) is 5.26. The maximum absolute atomic E-state index is 5.96. The number of nitrogens with zero attached hydrogens (tertiary/aromatic N) is 2. The van der Waals surface area contributed by atoms with Gasteiger partial charge >= 0.3 is 0 Å². The summed E-state index contributed by atoms with van der Waals surface area (Å²) in [6.07, 6.45) is 6.54. The summed E-state index contributed by atoms with van der Waals surface area (Å²) >= 11 is 0. The molecule has 1 fully saturated rings. The average molecular weight is 387 g/mol. The summed E-state index contributed by atoms with van der Waals surface area (Å²) < 4.78 is 11.0. The molecule has 1 aliphatic rings. The Morgan fingerprint density at radius 1 is 1.29 bits per heavy atom. The van der Waals surface area contributed by atoms with Crippen LogP contribution in [-0.2, 0) is 15.9 Å². The molecule has 3 rings (SSSR count). The van der Waals surface area contributed by atoms with E-state index in [0.717, 1.165) is 64.5 Å². The van der Waals surface area contributed by atoms with E-state index in [4.69, 9.17) is 9.47 Å². The number of fused-ring (bicyclic) bond motifs is 1. The van der Waals surface area contributed by atoms with Crippen molar-refractivity contribution in [1.82, 2.24) is 15.2 Å². The minimum Gasteiger partial charge on any atom is -0.385 e. The second kappa shape index (κ2) is 10.5. The Morgan fingerprint density at radius 2 is 2.11 bits per heavy atom. The lowest BCUT2D eigenvalue weighted by molar-refractivity contribution is 0.00992. The molecule has 0 amide bonds. The maximum atomic E-state index is 5.96. The zero-order chi connectivity index (χ0) is 19.8. The van der Waals surface area contributed by atoms with Crippen LogP contribution in [0.3, 0.4) is 0 Å². The van der Waals surface area contributed by atoms with Gasteiger partial charge in [-0.15, -0.1) is 0 Å². The molecule has 154 valence electrons. The minimum absolute atomic E-state index is 0.362. The van der Waals surface area contributed by atoms with Crippen LogP contribution >= 0.6 is 0 Å². The Bertz CT molecular complexity index is 763. The lowest BCUT2D eigenvalue weighted by Crippen LogP contribution is -2.47. The number of nitrogens with one attached hydrogen (secondary N) is 2. The minimum atomic E-state index is 0.362. The third-order valence-corrected chi connectivity index (χ3v) is 5.49. The fourth-order valence-electron chi connectivity index (χ4n) is 3.90. The van der Waals surface area contributed by atoms with Gasteiger partial charge in [-0.1, -0.05) is 18.2 Å². The SMILES string of the molecule is CN=C(NCCc1c[nH]c2c(C)cccc12)N1CCC(OCCCOC)CC1. The van der Waals surface area contributed by atoms with Gasteiger partial charge in [-0.05, 0) is 43.7 Å². The summed E-state index contributed by atoms with van der Waals surface area (Å²) in [5, 5.41) is 4.86. The van der Waals surface area contributed by atoms with Crippen LogP contribution in [0.25, 0.3) is 10.9 Å². The average Bonchev–Trinajstić information content (AvgIpc) is 3.14. The molecule has 1 saturated heterocycles. The number of methoxy groups -OCH3 is 1. The van der Waals surface area contributed by atoms with Gasteiger partial charge in [0, 0.05) is 64.1 Å². The number of aromatic amines is 1. The van der Waals surface area contributed by atoms with Crippen LogP contribution in [0.15, 0.2) is 29.4 Å². The molecule has 0 unspecified atom stereocenters. The second-order valence-electron chi connectivity index (χ2n) is 7.44. The summed E-state index contributed by atoms with van der Waals surface area (Å²) in [4.78, 5) is 10.2. The highest BCUT2D eigenvalue weighted by atomic mass is 16.5. The van der Waals surface area contributed by atoms with Gasteiger partial charge in [0.15, 0.2) is 5.96 Å². The van der Waals surface area contributed by atoms with E-state index >= 15 is 0 Å². The number of hydrogen-bond donors (Lipinski definition) is 2. The molecule has 1 aromatic carbocycles. The fraction of sp³-hybridized carbons (Fsp3) is 0.591. The molecule has 0 bridgehead atoms. The number of para-hydroxylation sites is 1. The van der Waals surface area contributed by atoms with Crippen molar-refractivity contribution in [2.24, 2.45) is 4.99 Å². The normalized spacial score (nSPS) is 16.1. The van der Waals surface area contributed by atoms with E-state index in [1.165, 1.54) is 22.0 Å². The van der Waals surface area contributed by atoms with Crippen molar-refractivity contribution in [3.05, 3.63) is 35.5 Å². The summed E-state index contributed by atoms with van der Waals surface area (Å²) in [7, 11) is 3.60. The van der Waals surface area contributed by atoms with Crippen molar-refractivity contribution in [2.75, 3.05) is 47.0 Å².